The van der Waals surface area contributed by atoms with Crippen molar-refractivity contribution in [1.29, 1.82) is 0 Å². The van der Waals surface area contributed by atoms with Crippen molar-refractivity contribution < 1.29 is 14.6 Å². The minimum absolute atomic E-state index is 0.0277. The molecule has 0 fully saturated rings. The normalized spacial score (nSPS) is 13.9. The molecule has 2 N–H and O–H groups in total. The third-order valence-corrected chi connectivity index (χ3v) is 2.44. The van der Waals surface area contributed by atoms with Crippen LogP contribution in [-0.2, 0) is 0 Å². The second kappa shape index (κ2) is 6.36. The Labute approximate surface area is 101 Å². The number of aromatic nitrogens is 1. The van der Waals surface area contributed by atoms with Crippen LogP contribution in [0.4, 0.5) is 4.39 Å². The zero-order valence-electron chi connectivity index (χ0n) is 8.66. The number of aliphatic hydroxyl groups excluding tert-OH is 2. The van der Waals surface area contributed by atoms with Gasteiger partial charge in [-0.05, 0) is 12.0 Å². The molecule has 1 aromatic rings. The molecule has 0 radical (unpaired) electrons. The molecule has 0 bridgehead atoms. The standard InChI is InChI=1S/C9H10ClFN4O2/c10-6-4-13-8(11)3-5(6)9(17)7(16)1-2-14-15-12/h3-4,7,9,16-17H,1-2H2. The molecule has 0 aliphatic rings. The van der Waals surface area contributed by atoms with Gasteiger partial charge in [-0.25, -0.2) is 4.98 Å². The molecule has 0 aliphatic heterocycles. The second-order valence-corrected chi connectivity index (χ2v) is 3.69. The van der Waals surface area contributed by atoms with Gasteiger partial charge in [-0.3, -0.25) is 0 Å². The molecule has 2 unspecified atom stereocenters. The third-order valence-electron chi connectivity index (χ3n) is 2.12. The lowest BCUT2D eigenvalue weighted by atomic mass is 10.0. The predicted molar refractivity (Wildman–Crippen MR) is 58.8 cm³/mol. The molecule has 17 heavy (non-hydrogen) atoms. The molecule has 0 aromatic carbocycles. The molecule has 2 atom stereocenters. The predicted octanol–water partition coefficient (Wildman–Crippen LogP) is 1.97. The first kappa shape index (κ1) is 13.7. The average Bonchev–Trinajstić information content (AvgIpc) is 2.31. The highest BCUT2D eigenvalue weighted by Gasteiger charge is 2.21. The Morgan fingerprint density at radius 3 is 2.94 bits per heavy atom. The van der Waals surface area contributed by atoms with Crippen LogP contribution in [-0.4, -0.2) is 27.8 Å². The van der Waals surface area contributed by atoms with E-state index in [-0.39, 0.29) is 23.6 Å². The molecule has 1 rings (SSSR count). The second-order valence-electron chi connectivity index (χ2n) is 3.28. The number of nitrogens with zero attached hydrogens (tertiary/aromatic N) is 4. The summed E-state index contributed by atoms with van der Waals surface area (Å²) in [6.07, 6.45) is -1.45. The molecule has 0 saturated carbocycles. The van der Waals surface area contributed by atoms with E-state index in [1.165, 1.54) is 0 Å². The summed E-state index contributed by atoms with van der Waals surface area (Å²) in [4.78, 5) is 5.81. The van der Waals surface area contributed by atoms with E-state index in [1.807, 2.05) is 0 Å². The number of pyridine rings is 1. The molecule has 1 heterocycles. The van der Waals surface area contributed by atoms with Gasteiger partial charge in [-0.2, -0.15) is 4.39 Å². The summed E-state index contributed by atoms with van der Waals surface area (Å²) in [6.45, 7) is 0.0277. The Morgan fingerprint density at radius 2 is 2.29 bits per heavy atom. The summed E-state index contributed by atoms with van der Waals surface area (Å²) in [5.41, 5.74) is 8.10. The van der Waals surface area contributed by atoms with Gasteiger partial charge in [0.2, 0.25) is 5.95 Å². The highest BCUT2D eigenvalue weighted by atomic mass is 35.5. The van der Waals surface area contributed by atoms with Crippen LogP contribution in [0.2, 0.25) is 5.02 Å². The van der Waals surface area contributed by atoms with E-state index < -0.39 is 18.2 Å². The molecular weight excluding hydrogens is 251 g/mol. The maximum Gasteiger partial charge on any atom is 0.213 e. The molecule has 0 aliphatic carbocycles. The number of hydrogen-bond donors (Lipinski definition) is 2. The van der Waals surface area contributed by atoms with Gasteiger partial charge in [0.1, 0.15) is 6.10 Å². The van der Waals surface area contributed by atoms with Crippen molar-refractivity contribution in [2.24, 2.45) is 5.11 Å². The van der Waals surface area contributed by atoms with E-state index in [9.17, 15) is 14.6 Å². The van der Waals surface area contributed by atoms with Gasteiger partial charge < -0.3 is 10.2 Å². The van der Waals surface area contributed by atoms with Crippen molar-refractivity contribution >= 4 is 11.6 Å². The Balaban J connectivity index is 2.76. The van der Waals surface area contributed by atoms with Gasteiger partial charge in [0.15, 0.2) is 0 Å². The number of aliphatic hydroxyl groups is 2. The fourth-order valence-electron chi connectivity index (χ4n) is 1.25. The molecule has 0 spiro atoms. The SMILES string of the molecule is [N-]=[N+]=NCCC(O)C(O)c1cc(F)ncc1Cl. The summed E-state index contributed by atoms with van der Waals surface area (Å²) in [5.74, 6) is -0.800. The van der Waals surface area contributed by atoms with Crippen LogP contribution in [0.25, 0.3) is 10.4 Å². The van der Waals surface area contributed by atoms with Crippen LogP contribution in [0, 0.1) is 5.95 Å². The molecule has 8 heteroatoms. The zero-order valence-corrected chi connectivity index (χ0v) is 9.42. The van der Waals surface area contributed by atoms with Crippen molar-refractivity contribution in [2.75, 3.05) is 6.54 Å². The van der Waals surface area contributed by atoms with Gasteiger partial charge in [0.25, 0.3) is 0 Å². The first-order chi connectivity index (χ1) is 8.06. The van der Waals surface area contributed by atoms with Crippen LogP contribution in [0.3, 0.4) is 0 Å². The maximum atomic E-state index is 12.8. The van der Waals surface area contributed by atoms with Gasteiger partial charge in [-0.15, -0.1) is 0 Å². The fourth-order valence-corrected chi connectivity index (χ4v) is 1.47. The summed E-state index contributed by atoms with van der Waals surface area (Å²) < 4.78 is 12.8. The molecule has 92 valence electrons. The summed E-state index contributed by atoms with van der Waals surface area (Å²) >= 11 is 5.71. The monoisotopic (exact) mass is 260 g/mol. The number of hydrogen-bond acceptors (Lipinski definition) is 4. The molecule has 0 amide bonds. The van der Waals surface area contributed by atoms with Crippen molar-refractivity contribution in [2.45, 2.75) is 18.6 Å². The number of halogens is 2. The summed E-state index contributed by atoms with van der Waals surface area (Å²) in [6, 6.07) is 0.948. The first-order valence-corrected chi connectivity index (χ1v) is 5.12. The zero-order chi connectivity index (χ0) is 12.8. The third kappa shape index (κ3) is 3.83. The quantitative estimate of drug-likeness (QED) is 0.366. The van der Waals surface area contributed by atoms with Crippen LogP contribution >= 0.6 is 11.6 Å². The maximum absolute atomic E-state index is 12.8. The Morgan fingerprint density at radius 1 is 1.59 bits per heavy atom. The van der Waals surface area contributed by atoms with Crippen LogP contribution < -0.4 is 0 Å². The highest BCUT2D eigenvalue weighted by molar-refractivity contribution is 6.31. The number of rotatable bonds is 5. The van der Waals surface area contributed by atoms with E-state index in [4.69, 9.17) is 17.1 Å². The van der Waals surface area contributed by atoms with E-state index in [2.05, 4.69) is 15.0 Å². The lowest BCUT2D eigenvalue weighted by molar-refractivity contribution is 0.0148. The highest BCUT2D eigenvalue weighted by Crippen LogP contribution is 2.26. The van der Waals surface area contributed by atoms with Crippen LogP contribution in [0.5, 0.6) is 0 Å². The summed E-state index contributed by atoms with van der Waals surface area (Å²) in [7, 11) is 0. The minimum Gasteiger partial charge on any atom is -0.390 e. The van der Waals surface area contributed by atoms with Crippen molar-refractivity contribution in [3.63, 3.8) is 0 Å². The Hall–Kier alpha value is -1.40. The Bertz CT molecular complexity index is 439. The van der Waals surface area contributed by atoms with Crippen LogP contribution in [0.1, 0.15) is 18.1 Å². The number of azide groups is 1. The van der Waals surface area contributed by atoms with Crippen molar-refractivity contribution in [3.8, 4) is 0 Å². The largest absolute Gasteiger partial charge is 0.390 e. The first-order valence-electron chi connectivity index (χ1n) is 4.74. The van der Waals surface area contributed by atoms with Gasteiger partial charge in [0, 0.05) is 29.3 Å². The van der Waals surface area contributed by atoms with E-state index in [0.29, 0.717) is 0 Å². The lowest BCUT2D eigenvalue weighted by Gasteiger charge is -2.18. The van der Waals surface area contributed by atoms with Gasteiger partial charge >= 0.3 is 0 Å². The lowest BCUT2D eigenvalue weighted by Crippen LogP contribution is -2.19. The Kier molecular flexibility index (Phi) is 5.11. The van der Waals surface area contributed by atoms with E-state index in [1.54, 1.807) is 0 Å². The van der Waals surface area contributed by atoms with E-state index >= 15 is 0 Å². The smallest absolute Gasteiger partial charge is 0.213 e. The molecule has 6 nitrogen and oxygen atoms in total. The topological polar surface area (TPSA) is 102 Å². The van der Waals surface area contributed by atoms with E-state index in [0.717, 1.165) is 12.3 Å². The molecular formula is C9H10ClFN4O2. The average molecular weight is 261 g/mol. The van der Waals surface area contributed by atoms with Crippen molar-refractivity contribution in [1.82, 2.24) is 4.98 Å². The minimum atomic E-state index is -1.35. The molecule has 0 saturated heterocycles. The summed E-state index contributed by atoms with van der Waals surface area (Å²) in [5, 5.41) is 22.6. The van der Waals surface area contributed by atoms with Crippen LogP contribution in [0.15, 0.2) is 17.4 Å². The fraction of sp³-hybridized carbons (Fsp3) is 0.444. The van der Waals surface area contributed by atoms with Gasteiger partial charge in [0.05, 0.1) is 11.1 Å². The van der Waals surface area contributed by atoms with Crippen molar-refractivity contribution in [3.05, 3.63) is 39.2 Å². The van der Waals surface area contributed by atoms with Gasteiger partial charge in [-0.1, -0.05) is 16.7 Å². The molecule has 1 aromatic heterocycles.